The van der Waals surface area contributed by atoms with Crippen molar-refractivity contribution in [3.8, 4) is 0 Å². The maximum atomic E-state index is 11.6. The molecule has 0 aliphatic rings. The lowest BCUT2D eigenvalue weighted by atomic mass is 10.3. The molecule has 0 aliphatic carbocycles. The fourth-order valence-electron chi connectivity index (χ4n) is 1.53. The summed E-state index contributed by atoms with van der Waals surface area (Å²) in [6.07, 6.45) is 1.42. The molecule has 0 amide bonds. The molecule has 1 aromatic carbocycles. The third-order valence-electron chi connectivity index (χ3n) is 2.59. The summed E-state index contributed by atoms with van der Waals surface area (Å²) in [5.74, 6) is -1.09. The van der Waals surface area contributed by atoms with Crippen LogP contribution < -0.4 is 4.72 Å². The van der Waals surface area contributed by atoms with Crippen LogP contribution in [-0.4, -0.2) is 31.5 Å². The van der Waals surface area contributed by atoms with E-state index in [2.05, 4.69) is 9.71 Å². The molecule has 6 nitrogen and oxygen atoms in total. The molecule has 0 spiro atoms. The zero-order valence-corrected chi connectivity index (χ0v) is 12.6. The van der Waals surface area contributed by atoms with E-state index in [1.807, 2.05) is 0 Å². The molecule has 0 saturated carbocycles. The summed E-state index contributed by atoms with van der Waals surface area (Å²) in [5, 5.41) is 8.88. The van der Waals surface area contributed by atoms with Crippen molar-refractivity contribution >= 4 is 27.8 Å². The lowest BCUT2D eigenvalue weighted by molar-refractivity contribution is 0.0690. The van der Waals surface area contributed by atoms with E-state index in [0.717, 1.165) is 4.90 Å². The molecule has 2 rings (SSSR count). The van der Waals surface area contributed by atoms with Crippen LogP contribution in [0.3, 0.4) is 0 Å². The molecule has 0 atom stereocenters. The molecule has 2 N–H and O–H groups in total. The van der Waals surface area contributed by atoms with Crippen LogP contribution in [0.2, 0.25) is 0 Å². The van der Waals surface area contributed by atoms with E-state index < -0.39 is 16.0 Å². The number of benzene rings is 1. The summed E-state index contributed by atoms with van der Waals surface area (Å²) in [6.45, 7) is 0. The molecule has 0 unspecified atom stereocenters. The van der Waals surface area contributed by atoms with E-state index in [1.165, 1.54) is 43.2 Å². The van der Waals surface area contributed by atoms with Crippen molar-refractivity contribution in [2.45, 2.75) is 14.7 Å². The average Bonchev–Trinajstić information content (AvgIpc) is 2.48. The number of rotatable bonds is 5. The van der Waals surface area contributed by atoms with Gasteiger partial charge in [0, 0.05) is 16.0 Å². The summed E-state index contributed by atoms with van der Waals surface area (Å²) in [5.41, 5.74) is -0.0330. The molecule has 0 fully saturated rings. The van der Waals surface area contributed by atoms with Crippen LogP contribution in [0.25, 0.3) is 0 Å². The first-order valence-corrected chi connectivity index (χ1v) is 8.13. The number of aromatic carboxylic acids is 1. The monoisotopic (exact) mass is 324 g/mol. The van der Waals surface area contributed by atoms with E-state index in [0.29, 0.717) is 4.90 Å². The third-order valence-corrected chi connectivity index (χ3v) is 5.02. The Kier molecular flexibility index (Phi) is 4.61. The highest BCUT2D eigenvalue weighted by atomic mass is 32.2. The van der Waals surface area contributed by atoms with Crippen molar-refractivity contribution in [1.82, 2.24) is 9.71 Å². The lowest BCUT2D eigenvalue weighted by Gasteiger charge is -2.05. The van der Waals surface area contributed by atoms with Gasteiger partial charge in [0.1, 0.15) is 5.69 Å². The van der Waals surface area contributed by atoms with Gasteiger partial charge in [-0.3, -0.25) is 0 Å². The van der Waals surface area contributed by atoms with Crippen LogP contribution in [-0.2, 0) is 10.0 Å². The van der Waals surface area contributed by atoms with Gasteiger partial charge in [0.2, 0.25) is 10.0 Å². The first-order chi connectivity index (χ1) is 9.92. The van der Waals surface area contributed by atoms with Gasteiger partial charge in [-0.1, -0.05) is 11.8 Å². The van der Waals surface area contributed by atoms with Crippen LogP contribution in [0, 0.1) is 0 Å². The Labute approximate surface area is 126 Å². The standard InChI is InChI=1S/C13H12N2O4S2/c1-14-21(18,19)11-4-2-9(3-5-11)20-10-6-7-15-12(8-10)13(16)17/h2-8,14H,1H3,(H,16,17). The van der Waals surface area contributed by atoms with Crippen molar-refractivity contribution in [2.24, 2.45) is 0 Å². The summed E-state index contributed by atoms with van der Waals surface area (Å²) >= 11 is 1.33. The molecule has 0 aliphatic heterocycles. The topological polar surface area (TPSA) is 96.4 Å². The minimum absolute atomic E-state index is 0.0330. The second kappa shape index (κ2) is 6.25. The number of carboxylic acid groups (broad SMARTS) is 1. The molecule has 0 radical (unpaired) electrons. The molecule has 110 valence electrons. The number of sulfonamides is 1. The molecular weight excluding hydrogens is 312 g/mol. The van der Waals surface area contributed by atoms with Crippen LogP contribution in [0.4, 0.5) is 0 Å². The number of hydrogen-bond acceptors (Lipinski definition) is 5. The van der Waals surface area contributed by atoms with E-state index in [4.69, 9.17) is 5.11 Å². The van der Waals surface area contributed by atoms with Gasteiger partial charge in [-0.15, -0.1) is 0 Å². The van der Waals surface area contributed by atoms with Gasteiger partial charge in [-0.05, 0) is 43.4 Å². The predicted octanol–water partition coefficient (Wildman–Crippen LogP) is 1.84. The normalized spacial score (nSPS) is 11.3. The summed E-state index contributed by atoms with van der Waals surface area (Å²) in [6, 6.07) is 9.47. The Morgan fingerprint density at radius 2 is 1.86 bits per heavy atom. The summed E-state index contributed by atoms with van der Waals surface area (Å²) < 4.78 is 25.4. The second-order valence-electron chi connectivity index (χ2n) is 3.96. The first-order valence-electron chi connectivity index (χ1n) is 5.83. The Morgan fingerprint density at radius 1 is 1.19 bits per heavy atom. The SMILES string of the molecule is CNS(=O)(=O)c1ccc(Sc2ccnc(C(=O)O)c2)cc1. The van der Waals surface area contributed by atoms with E-state index >= 15 is 0 Å². The molecule has 0 bridgehead atoms. The average molecular weight is 324 g/mol. The highest BCUT2D eigenvalue weighted by molar-refractivity contribution is 7.99. The number of carbonyl (C=O) groups is 1. The van der Waals surface area contributed by atoms with Gasteiger partial charge >= 0.3 is 5.97 Å². The van der Waals surface area contributed by atoms with Crippen molar-refractivity contribution in [3.63, 3.8) is 0 Å². The Balaban J connectivity index is 2.21. The van der Waals surface area contributed by atoms with Gasteiger partial charge in [-0.2, -0.15) is 0 Å². The fraction of sp³-hybridized carbons (Fsp3) is 0.0769. The molecule has 1 aromatic heterocycles. The third kappa shape index (κ3) is 3.81. The molecule has 8 heteroatoms. The lowest BCUT2D eigenvalue weighted by Crippen LogP contribution is -2.18. The van der Waals surface area contributed by atoms with Crippen LogP contribution in [0.1, 0.15) is 10.5 Å². The zero-order chi connectivity index (χ0) is 15.5. The van der Waals surface area contributed by atoms with Crippen molar-refractivity contribution < 1.29 is 18.3 Å². The van der Waals surface area contributed by atoms with Gasteiger partial charge < -0.3 is 5.11 Å². The molecule has 1 heterocycles. The Morgan fingerprint density at radius 3 is 2.43 bits per heavy atom. The largest absolute Gasteiger partial charge is 0.477 e. The van der Waals surface area contributed by atoms with E-state index in [-0.39, 0.29) is 10.6 Å². The number of pyridine rings is 1. The quantitative estimate of drug-likeness (QED) is 0.871. The van der Waals surface area contributed by atoms with Crippen molar-refractivity contribution in [3.05, 3.63) is 48.3 Å². The molecule has 2 aromatic rings. The number of aromatic nitrogens is 1. The maximum absolute atomic E-state index is 11.6. The summed E-state index contributed by atoms with van der Waals surface area (Å²) in [4.78, 5) is 16.3. The van der Waals surface area contributed by atoms with Gasteiger partial charge in [0.25, 0.3) is 0 Å². The fourth-order valence-corrected chi connectivity index (χ4v) is 3.11. The number of carboxylic acids is 1. The minimum Gasteiger partial charge on any atom is -0.477 e. The van der Waals surface area contributed by atoms with Gasteiger partial charge in [0.05, 0.1) is 4.90 Å². The van der Waals surface area contributed by atoms with Gasteiger partial charge in [0.15, 0.2) is 0 Å². The Bertz CT molecular complexity index is 758. The van der Waals surface area contributed by atoms with Crippen LogP contribution in [0.5, 0.6) is 0 Å². The summed E-state index contributed by atoms with van der Waals surface area (Å²) in [7, 11) is -2.10. The number of nitrogens with one attached hydrogen (secondary N) is 1. The highest BCUT2D eigenvalue weighted by Gasteiger charge is 2.11. The van der Waals surface area contributed by atoms with Gasteiger partial charge in [-0.25, -0.2) is 22.9 Å². The van der Waals surface area contributed by atoms with E-state index in [1.54, 1.807) is 18.2 Å². The number of hydrogen-bond donors (Lipinski definition) is 2. The molecule has 0 saturated heterocycles. The maximum Gasteiger partial charge on any atom is 0.354 e. The Hall–Kier alpha value is -1.90. The smallest absolute Gasteiger partial charge is 0.354 e. The second-order valence-corrected chi connectivity index (χ2v) is 7.00. The first kappa shape index (κ1) is 15.5. The zero-order valence-electron chi connectivity index (χ0n) is 11.0. The predicted molar refractivity (Wildman–Crippen MR) is 78.0 cm³/mol. The van der Waals surface area contributed by atoms with Crippen LogP contribution in [0.15, 0.2) is 57.3 Å². The van der Waals surface area contributed by atoms with Crippen molar-refractivity contribution in [1.29, 1.82) is 0 Å². The number of nitrogens with zero attached hydrogens (tertiary/aromatic N) is 1. The van der Waals surface area contributed by atoms with Crippen LogP contribution >= 0.6 is 11.8 Å². The molecule has 21 heavy (non-hydrogen) atoms. The minimum atomic E-state index is -3.45. The highest BCUT2D eigenvalue weighted by Crippen LogP contribution is 2.28. The van der Waals surface area contributed by atoms with Crippen molar-refractivity contribution in [2.75, 3.05) is 7.05 Å². The van der Waals surface area contributed by atoms with E-state index in [9.17, 15) is 13.2 Å². The molecular formula is C13H12N2O4S2.